The number of aromatic amines is 1. The maximum Gasteiger partial charge on any atom is 0.276 e. The number of anilines is 1. The molecule has 0 aliphatic heterocycles. The highest BCUT2D eigenvalue weighted by Gasteiger charge is 2.13. The molecule has 3 aromatic rings. The van der Waals surface area contributed by atoms with Crippen LogP contribution in [0.15, 0.2) is 28.8 Å². The maximum absolute atomic E-state index is 13.5. The zero-order valence-electron chi connectivity index (χ0n) is 10.1. The summed E-state index contributed by atoms with van der Waals surface area (Å²) in [4.78, 5) is 4.09. The summed E-state index contributed by atoms with van der Waals surface area (Å²) < 4.78 is 31.3. The third-order valence-corrected chi connectivity index (χ3v) is 2.66. The van der Waals surface area contributed by atoms with Gasteiger partial charge in [-0.25, -0.2) is 8.78 Å². The van der Waals surface area contributed by atoms with Crippen LogP contribution in [0.4, 0.5) is 14.6 Å². The van der Waals surface area contributed by atoms with E-state index in [1.165, 1.54) is 18.2 Å². The van der Waals surface area contributed by atoms with Crippen molar-refractivity contribution >= 4 is 5.82 Å². The highest BCUT2D eigenvalue weighted by atomic mass is 19.1. The standard InChI is InChI=1S/C12H9F2N5O/c13-7-2-1-6(8(14)4-7)3-11-16-12(20-19-11)9-5-10(15)18-17-9/h1-2,4-5H,3H2,(H3,15,17,18). The largest absolute Gasteiger partial charge is 0.382 e. The van der Waals surface area contributed by atoms with Crippen LogP contribution in [0, 0.1) is 11.6 Å². The summed E-state index contributed by atoms with van der Waals surface area (Å²) in [5.74, 6) is -0.509. The van der Waals surface area contributed by atoms with Crippen LogP contribution in [0.3, 0.4) is 0 Å². The minimum Gasteiger partial charge on any atom is -0.382 e. The van der Waals surface area contributed by atoms with E-state index in [2.05, 4.69) is 20.3 Å². The van der Waals surface area contributed by atoms with Gasteiger partial charge in [-0.05, 0) is 11.6 Å². The summed E-state index contributed by atoms with van der Waals surface area (Å²) in [6, 6.07) is 4.87. The van der Waals surface area contributed by atoms with Gasteiger partial charge in [0, 0.05) is 18.6 Å². The summed E-state index contributed by atoms with van der Waals surface area (Å²) in [7, 11) is 0. The number of halogens is 2. The molecule has 1 aromatic carbocycles. The molecule has 0 saturated heterocycles. The predicted molar refractivity (Wildman–Crippen MR) is 65.5 cm³/mol. The molecule has 0 unspecified atom stereocenters. The molecule has 6 nitrogen and oxygen atoms in total. The van der Waals surface area contributed by atoms with E-state index in [-0.39, 0.29) is 23.7 Å². The molecule has 2 aromatic heterocycles. The summed E-state index contributed by atoms with van der Waals surface area (Å²) in [5, 5.41) is 10.1. The summed E-state index contributed by atoms with van der Waals surface area (Å²) >= 11 is 0. The molecule has 8 heteroatoms. The van der Waals surface area contributed by atoms with Crippen LogP contribution in [0.1, 0.15) is 11.4 Å². The van der Waals surface area contributed by atoms with Crippen molar-refractivity contribution in [2.45, 2.75) is 6.42 Å². The van der Waals surface area contributed by atoms with Gasteiger partial charge in [0.05, 0.1) is 0 Å². The zero-order chi connectivity index (χ0) is 14.1. The Bertz CT molecular complexity index is 752. The van der Waals surface area contributed by atoms with Gasteiger partial charge in [0.25, 0.3) is 5.89 Å². The van der Waals surface area contributed by atoms with E-state index >= 15 is 0 Å². The molecule has 2 heterocycles. The minimum absolute atomic E-state index is 0.0965. The average molecular weight is 277 g/mol. The Labute approximate surface area is 111 Å². The summed E-state index contributed by atoms with van der Waals surface area (Å²) in [6.45, 7) is 0. The summed E-state index contributed by atoms with van der Waals surface area (Å²) in [6.07, 6.45) is 0.0965. The fraction of sp³-hybridized carbons (Fsp3) is 0.0833. The number of nitrogens with two attached hydrogens (primary N) is 1. The Hall–Kier alpha value is -2.77. The predicted octanol–water partition coefficient (Wildman–Crippen LogP) is 1.91. The molecule has 0 atom stereocenters. The number of benzene rings is 1. The van der Waals surface area contributed by atoms with Crippen molar-refractivity contribution in [1.29, 1.82) is 0 Å². The van der Waals surface area contributed by atoms with Crippen molar-refractivity contribution < 1.29 is 13.3 Å². The Morgan fingerprint density at radius 1 is 1.25 bits per heavy atom. The van der Waals surface area contributed by atoms with Gasteiger partial charge in [-0.3, -0.25) is 5.10 Å². The Balaban J connectivity index is 1.84. The number of aromatic nitrogens is 4. The molecule has 0 aliphatic rings. The molecule has 20 heavy (non-hydrogen) atoms. The van der Waals surface area contributed by atoms with Crippen LogP contribution in [-0.4, -0.2) is 20.3 Å². The number of H-pyrrole nitrogens is 1. The molecule has 0 radical (unpaired) electrons. The maximum atomic E-state index is 13.5. The van der Waals surface area contributed by atoms with Crippen LogP contribution in [0.2, 0.25) is 0 Å². The Morgan fingerprint density at radius 2 is 2.10 bits per heavy atom. The van der Waals surface area contributed by atoms with Crippen LogP contribution in [0.25, 0.3) is 11.6 Å². The molecule has 102 valence electrons. The second-order valence-electron chi connectivity index (χ2n) is 4.13. The average Bonchev–Trinajstić information content (AvgIpc) is 3.02. The second-order valence-corrected chi connectivity index (χ2v) is 4.13. The first-order chi connectivity index (χ1) is 9.61. The van der Waals surface area contributed by atoms with Gasteiger partial charge in [0.15, 0.2) is 5.82 Å². The molecular formula is C12H9F2N5O. The lowest BCUT2D eigenvalue weighted by atomic mass is 10.1. The van der Waals surface area contributed by atoms with Gasteiger partial charge in [-0.2, -0.15) is 10.1 Å². The number of hydrogen-bond acceptors (Lipinski definition) is 5. The van der Waals surface area contributed by atoms with E-state index in [9.17, 15) is 8.78 Å². The van der Waals surface area contributed by atoms with Crippen LogP contribution < -0.4 is 5.73 Å². The van der Waals surface area contributed by atoms with Crippen molar-refractivity contribution in [2.75, 3.05) is 5.73 Å². The zero-order valence-corrected chi connectivity index (χ0v) is 10.1. The van der Waals surface area contributed by atoms with Gasteiger partial charge >= 0.3 is 0 Å². The van der Waals surface area contributed by atoms with E-state index in [0.29, 0.717) is 11.5 Å². The second kappa shape index (κ2) is 4.72. The van der Waals surface area contributed by atoms with Crippen molar-refractivity contribution in [1.82, 2.24) is 20.3 Å². The molecule has 3 N–H and O–H groups in total. The molecule has 3 rings (SSSR count). The molecule has 0 spiro atoms. The van der Waals surface area contributed by atoms with Crippen LogP contribution in [0.5, 0.6) is 0 Å². The fourth-order valence-corrected chi connectivity index (χ4v) is 1.72. The first kappa shape index (κ1) is 12.3. The lowest BCUT2D eigenvalue weighted by molar-refractivity contribution is 0.422. The highest BCUT2D eigenvalue weighted by Crippen LogP contribution is 2.18. The van der Waals surface area contributed by atoms with E-state index in [4.69, 9.17) is 10.3 Å². The van der Waals surface area contributed by atoms with Crippen molar-refractivity contribution in [3.8, 4) is 11.6 Å². The lowest BCUT2D eigenvalue weighted by Crippen LogP contribution is -1.95. The Kier molecular flexibility index (Phi) is 2.90. The van der Waals surface area contributed by atoms with E-state index in [1.54, 1.807) is 0 Å². The monoisotopic (exact) mass is 277 g/mol. The van der Waals surface area contributed by atoms with Crippen molar-refractivity contribution in [3.63, 3.8) is 0 Å². The topological polar surface area (TPSA) is 93.6 Å². The van der Waals surface area contributed by atoms with Crippen molar-refractivity contribution in [2.24, 2.45) is 0 Å². The van der Waals surface area contributed by atoms with E-state index in [0.717, 1.165) is 6.07 Å². The van der Waals surface area contributed by atoms with Crippen LogP contribution in [-0.2, 0) is 6.42 Å². The number of nitrogens with zero attached hydrogens (tertiary/aromatic N) is 3. The fourth-order valence-electron chi connectivity index (χ4n) is 1.72. The normalized spacial score (nSPS) is 10.9. The third-order valence-electron chi connectivity index (χ3n) is 2.66. The van der Waals surface area contributed by atoms with Gasteiger partial charge in [0.1, 0.15) is 23.1 Å². The smallest absolute Gasteiger partial charge is 0.276 e. The number of hydrogen-bond donors (Lipinski definition) is 2. The van der Waals surface area contributed by atoms with E-state index < -0.39 is 11.6 Å². The van der Waals surface area contributed by atoms with Gasteiger partial charge in [-0.15, -0.1) is 0 Å². The number of nitrogens with one attached hydrogen (secondary N) is 1. The Morgan fingerprint density at radius 3 is 2.80 bits per heavy atom. The van der Waals surface area contributed by atoms with Gasteiger partial charge < -0.3 is 10.3 Å². The van der Waals surface area contributed by atoms with Crippen LogP contribution >= 0.6 is 0 Å². The van der Waals surface area contributed by atoms with Crippen molar-refractivity contribution in [3.05, 3.63) is 47.3 Å². The first-order valence-corrected chi connectivity index (χ1v) is 5.69. The SMILES string of the molecule is Nc1cc(-c2nc(Cc3ccc(F)cc3F)no2)[nH]n1. The van der Waals surface area contributed by atoms with Gasteiger partial charge in [0.2, 0.25) is 0 Å². The third kappa shape index (κ3) is 2.35. The molecule has 0 saturated carbocycles. The number of nitrogen functional groups attached to an aromatic ring is 1. The number of rotatable bonds is 3. The quantitative estimate of drug-likeness (QED) is 0.762. The molecule has 0 amide bonds. The molecule has 0 bridgehead atoms. The highest BCUT2D eigenvalue weighted by molar-refractivity contribution is 5.51. The molecule has 0 aliphatic carbocycles. The minimum atomic E-state index is -0.651. The summed E-state index contributed by atoms with van der Waals surface area (Å²) in [5.41, 5.74) is 6.22. The first-order valence-electron chi connectivity index (χ1n) is 5.69. The lowest BCUT2D eigenvalue weighted by Gasteiger charge is -1.98. The molecule has 0 fully saturated rings. The molecular weight excluding hydrogens is 268 g/mol. The van der Waals surface area contributed by atoms with Gasteiger partial charge in [-0.1, -0.05) is 11.2 Å². The van der Waals surface area contributed by atoms with E-state index in [1.807, 2.05) is 0 Å².